The lowest BCUT2D eigenvalue weighted by Crippen LogP contribution is -2.35. The van der Waals surface area contributed by atoms with Gasteiger partial charge in [-0.1, -0.05) is 6.42 Å². The van der Waals surface area contributed by atoms with E-state index in [0.29, 0.717) is 35.2 Å². The third-order valence-corrected chi connectivity index (χ3v) is 7.77. The molecule has 3 rings (SSSR count). The van der Waals surface area contributed by atoms with Gasteiger partial charge in [-0.05, 0) is 49.2 Å². The van der Waals surface area contributed by atoms with Gasteiger partial charge < -0.3 is 10.1 Å². The molecule has 6 nitrogen and oxygen atoms in total. The molecular formula is C18H22N2O4S2. The summed E-state index contributed by atoms with van der Waals surface area (Å²) >= 11 is 1.21. The van der Waals surface area contributed by atoms with Crippen LogP contribution in [0.2, 0.25) is 0 Å². The fraction of sp³-hybridized carbons (Fsp3) is 0.389. The quantitative estimate of drug-likeness (QED) is 0.817. The molecule has 2 heterocycles. The fourth-order valence-corrected chi connectivity index (χ4v) is 5.80. The summed E-state index contributed by atoms with van der Waals surface area (Å²) in [6.07, 6.45) is 2.91. The molecule has 1 amide bonds. The normalized spacial score (nSPS) is 15.6. The fourth-order valence-electron chi connectivity index (χ4n) is 2.84. The Hall–Kier alpha value is -1.90. The van der Waals surface area contributed by atoms with Crippen LogP contribution in [0.15, 0.2) is 40.6 Å². The van der Waals surface area contributed by atoms with Gasteiger partial charge in [0.15, 0.2) is 0 Å². The second-order valence-electron chi connectivity index (χ2n) is 6.10. The summed E-state index contributed by atoms with van der Waals surface area (Å²) in [6.45, 7) is 1.47. The summed E-state index contributed by atoms with van der Waals surface area (Å²) in [7, 11) is -1.84. The number of hydrogen-bond acceptors (Lipinski definition) is 5. The summed E-state index contributed by atoms with van der Waals surface area (Å²) in [4.78, 5) is 13.0. The van der Waals surface area contributed by atoms with Gasteiger partial charge in [0.1, 0.15) is 9.96 Å². The van der Waals surface area contributed by atoms with E-state index in [9.17, 15) is 13.2 Å². The molecule has 1 N–H and O–H groups in total. The number of hydrogen-bond donors (Lipinski definition) is 1. The predicted octanol–water partition coefficient (Wildman–Crippen LogP) is 2.86. The van der Waals surface area contributed by atoms with E-state index in [1.807, 2.05) is 0 Å². The maximum Gasteiger partial charge on any atom is 0.252 e. The Balaban J connectivity index is 1.62. The summed E-state index contributed by atoms with van der Waals surface area (Å²) in [5.74, 6) is 0.480. The standard InChI is InChI=1S/C18H22N2O4S2/c1-24-15-7-5-14(6-8-15)18(21)19-13-16-9-10-17(25-16)26(22,23)20-11-3-2-4-12-20/h5-10H,2-4,11-13H2,1H3,(H,19,21). The molecule has 0 spiro atoms. The minimum Gasteiger partial charge on any atom is -0.497 e. The first-order valence-corrected chi connectivity index (χ1v) is 10.8. The SMILES string of the molecule is COc1ccc(C(=O)NCc2ccc(S(=O)(=O)N3CCCCC3)s2)cc1. The third kappa shape index (κ3) is 4.25. The number of benzene rings is 1. The van der Waals surface area contributed by atoms with Crippen LogP contribution in [0.4, 0.5) is 0 Å². The molecular weight excluding hydrogens is 372 g/mol. The maximum atomic E-state index is 12.7. The average Bonchev–Trinajstić information content (AvgIpc) is 3.17. The summed E-state index contributed by atoms with van der Waals surface area (Å²) in [5, 5.41) is 2.82. The molecule has 1 fully saturated rings. The number of piperidine rings is 1. The van der Waals surface area contributed by atoms with Gasteiger partial charge in [-0.15, -0.1) is 11.3 Å². The predicted molar refractivity (Wildman–Crippen MR) is 101 cm³/mol. The van der Waals surface area contributed by atoms with Gasteiger partial charge in [0.2, 0.25) is 0 Å². The van der Waals surface area contributed by atoms with E-state index in [2.05, 4.69) is 5.32 Å². The van der Waals surface area contributed by atoms with Crippen molar-refractivity contribution in [1.82, 2.24) is 9.62 Å². The second kappa shape index (κ2) is 8.20. The minimum absolute atomic E-state index is 0.207. The largest absolute Gasteiger partial charge is 0.497 e. The van der Waals surface area contributed by atoms with Crippen LogP contribution in [0.1, 0.15) is 34.5 Å². The van der Waals surface area contributed by atoms with Crippen LogP contribution in [0.25, 0.3) is 0 Å². The first-order valence-electron chi connectivity index (χ1n) is 8.52. The molecule has 0 radical (unpaired) electrons. The summed E-state index contributed by atoms with van der Waals surface area (Å²) in [6, 6.07) is 10.2. The Morgan fingerprint density at radius 2 is 1.81 bits per heavy atom. The molecule has 1 aromatic heterocycles. The van der Waals surface area contributed by atoms with E-state index >= 15 is 0 Å². The molecule has 0 bridgehead atoms. The van der Waals surface area contributed by atoms with Gasteiger partial charge in [0, 0.05) is 23.5 Å². The van der Waals surface area contributed by atoms with Crippen LogP contribution in [-0.4, -0.2) is 38.8 Å². The smallest absolute Gasteiger partial charge is 0.252 e. The van der Waals surface area contributed by atoms with Crippen LogP contribution in [0.3, 0.4) is 0 Å². The highest BCUT2D eigenvalue weighted by molar-refractivity contribution is 7.91. The highest BCUT2D eigenvalue weighted by Crippen LogP contribution is 2.27. The summed E-state index contributed by atoms with van der Waals surface area (Å²) < 4.78 is 32.3. The van der Waals surface area contributed by atoms with Gasteiger partial charge in [-0.2, -0.15) is 4.31 Å². The van der Waals surface area contributed by atoms with E-state index in [4.69, 9.17) is 4.74 Å². The molecule has 8 heteroatoms. The Morgan fingerprint density at radius 1 is 1.12 bits per heavy atom. The van der Waals surface area contributed by atoms with Gasteiger partial charge in [0.25, 0.3) is 15.9 Å². The van der Waals surface area contributed by atoms with E-state index in [0.717, 1.165) is 24.1 Å². The van der Waals surface area contributed by atoms with Gasteiger partial charge in [0.05, 0.1) is 13.7 Å². The molecule has 26 heavy (non-hydrogen) atoms. The number of ether oxygens (including phenoxy) is 1. The van der Waals surface area contributed by atoms with Crippen LogP contribution in [0.5, 0.6) is 5.75 Å². The van der Waals surface area contributed by atoms with Crippen molar-refractivity contribution < 1.29 is 17.9 Å². The maximum absolute atomic E-state index is 12.7. The van der Waals surface area contributed by atoms with E-state index in [1.165, 1.54) is 11.3 Å². The highest BCUT2D eigenvalue weighted by Gasteiger charge is 2.27. The van der Waals surface area contributed by atoms with Gasteiger partial charge in [-0.3, -0.25) is 4.79 Å². The van der Waals surface area contributed by atoms with Crippen molar-refractivity contribution >= 4 is 27.3 Å². The molecule has 2 aromatic rings. The molecule has 0 unspecified atom stereocenters. The number of carbonyl (C=O) groups excluding carboxylic acids is 1. The Morgan fingerprint density at radius 3 is 2.46 bits per heavy atom. The number of carbonyl (C=O) groups is 1. The molecule has 1 aromatic carbocycles. The highest BCUT2D eigenvalue weighted by atomic mass is 32.2. The molecule has 1 aliphatic heterocycles. The number of thiophene rings is 1. The average molecular weight is 395 g/mol. The lowest BCUT2D eigenvalue weighted by Gasteiger charge is -2.25. The van der Waals surface area contributed by atoms with Crippen molar-refractivity contribution in [3.8, 4) is 5.75 Å². The van der Waals surface area contributed by atoms with E-state index < -0.39 is 10.0 Å². The lowest BCUT2D eigenvalue weighted by atomic mass is 10.2. The van der Waals surface area contributed by atoms with E-state index in [1.54, 1.807) is 47.8 Å². The van der Waals surface area contributed by atoms with Crippen LogP contribution in [-0.2, 0) is 16.6 Å². The zero-order valence-corrected chi connectivity index (χ0v) is 16.2. The molecule has 1 aliphatic rings. The minimum atomic E-state index is -3.41. The monoisotopic (exact) mass is 394 g/mol. The number of amides is 1. The molecule has 140 valence electrons. The van der Waals surface area contributed by atoms with Crippen molar-refractivity contribution in [2.24, 2.45) is 0 Å². The van der Waals surface area contributed by atoms with Crippen LogP contribution in [0, 0.1) is 0 Å². The van der Waals surface area contributed by atoms with Gasteiger partial charge in [-0.25, -0.2) is 8.42 Å². The zero-order valence-electron chi connectivity index (χ0n) is 14.6. The second-order valence-corrected chi connectivity index (χ2v) is 9.43. The van der Waals surface area contributed by atoms with Crippen molar-refractivity contribution in [2.75, 3.05) is 20.2 Å². The van der Waals surface area contributed by atoms with Crippen molar-refractivity contribution in [1.29, 1.82) is 0 Å². The van der Waals surface area contributed by atoms with Crippen molar-refractivity contribution in [3.05, 3.63) is 46.8 Å². The zero-order chi connectivity index (χ0) is 18.6. The van der Waals surface area contributed by atoms with E-state index in [-0.39, 0.29) is 5.91 Å². The van der Waals surface area contributed by atoms with Crippen molar-refractivity contribution in [2.45, 2.75) is 30.0 Å². The number of methoxy groups -OCH3 is 1. The molecule has 0 saturated carbocycles. The number of nitrogens with zero attached hydrogens (tertiary/aromatic N) is 1. The molecule has 1 saturated heterocycles. The lowest BCUT2D eigenvalue weighted by molar-refractivity contribution is 0.0951. The van der Waals surface area contributed by atoms with Gasteiger partial charge >= 0.3 is 0 Å². The topological polar surface area (TPSA) is 75.7 Å². The first-order chi connectivity index (χ1) is 12.5. The third-order valence-electron chi connectivity index (χ3n) is 4.32. The van der Waals surface area contributed by atoms with Crippen molar-refractivity contribution in [3.63, 3.8) is 0 Å². The molecule has 0 atom stereocenters. The van der Waals surface area contributed by atoms with Crippen LogP contribution >= 0.6 is 11.3 Å². The Bertz CT molecular complexity index is 854. The summed E-state index contributed by atoms with van der Waals surface area (Å²) in [5.41, 5.74) is 0.531. The van der Waals surface area contributed by atoms with Crippen LogP contribution < -0.4 is 10.1 Å². The number of nitrogens with one attached hydrogen (secondary N) is 1. The first kappa shape index (κ1) is 18.9. The Labute approximate surface area is 157 Å². The Kier molecular flexibility index (Phi) is 5.95. The number of sulfonamides is 1. The number of rotatable bonds is 6. The molecule has 0 aliphatic carbocycles.